The quantitative estimate of drug-likeness (QED) is 0.658. The Morgan fingerprint density at radius 2 is 1.88 bits per heavy atom. The van der Waals surface area contributed by atoms with Gasteiger partial charge in [-0.25, -0.2) is 8.42 Å². The van der Waals surface area contributed by atoms with Gasteiger partial charge >= 0.3 is 5.97 Å². The first-order valence-electron chi connectivity index (χ1n) is 7.44. The van der Waals surface area contributed by atoms with Crippen molar-refractivity contribution >= 4 is 39.2 Å². The lowest BCUT2D eigenvalue weighted by Crippen LogP contribution is -2.39. The lowest BCUT2D eigenvalue weighted by molar-refractivity contribution is -0.147. The highest BCUT2D eigenvalue weighted by molar-refractivity contribution is 7.91. The van der Waals surface area contributed by atoms with Crippen molar-refractivity contribution in [1.29, 1.82) is 0 Å². The zero-order chi connectivity index (χ0) is 18.4. The molecule has 1 aliphatic rings. The molecule has 2 amide bonds. The molecular weight excluding hydrogens is 372 g/mol. The van der Waals surface area contributed by atoms with Crippen LogP contribution in [0.25, 0.3) is 0 Å². The summed E-state index contributed by atoms with van der Waals surface area (Å²) in [6.45, 7) is -0.932. The lowest BCUT2D eigenvalue weighted by Gasteiger charge is -2.11. The molecule has 0 spiro atoms. The van der Waals surface area contributed by atoms with Gasteiger partial charge in [-0.1, -0.05) is 11.6 Å². The van der Waals surface area contributed by atoms with E-state index < -0.39 is 46.8 Å². The van der Waals surface area contributed by atoms with Gasteiger partial charge < -0.3 is 15.4 Å². The molecular formula is C15H17ClN2O6S. The Labute approximate surface area is 149 Å². The van der Waals surface area contributed by atoms with Crippen LogP contribution < -0.4 is 10.6 Å². The fourth-order valence-electron chi connectivity index (χ4n) is 2.23. The summed E-state index contributed by atoms with van der Waals surface area (Å²) in [5, 5.41) is 5.33. The SMILES string of the molecule is O=C(COC(=O)CNC(=O)c1ccc(Cl)cc1)N[C@@H]1CCS(=O)(=O)C1. The predicted octanol–water partition coefficient (Wildman–Crippen LogP) is -0.0837. The van der Waals surface area contributed by atoms with E-state index in [0.717, 1.165) is 0 Å². The van der Waals surface area contributed by atoms with Gasteiger partial charge in [0.15, 0.2) is 16.4 Å². The lowest BCUT2D eigenvalue weighted by atomic mass is 10.2. The number of carbonyl (C=O) groups excluding carboxylic acids is 3. The van der Waals surface area contributed by atoms with Crippen LogP contribution >= 0.6 is 11.6 Å². The number of hydrogen-bond donors (Lipinski definition) is 2. The van der Waals surface area contributed by atoms with Crippen LogP contribution in [0.15, 0.2) is 24.3 Å². The van der Waals surface area contributed by atoms with Crippen LogP contribution in [0.3, 0.4) is 0 Å². The number of halogens is 1. The topological polar surface area (TPSA) is 119 Å². The second kappa shape index (κ2) is 8.30. The largest absolute Gasteiger partial charge is 0.454 e. The number of amides is 2. The Hall–Kier alpha value is -2.13. The first kappa shape index (κ1) is 19.2. The molecule has 2 rings (SSSR count). The second-order valence-electron chi connectivity index (χ2n) is 5.52. The van der Waals surface area contributed by atoms with E-state index in [1.807, 2.05) is 0 Å². The average Bonchev–Trinajstić information content (AvgIpc) is 2.90. The molecule has 1 aromatic rings. The minimum Gasteiger partial charge on any atom is -0.454 e. The van der Waals surface area contributed by atoms with E-state index in [-0.39, 0.29) is 11.5 Å². The highest BCUT2D eigenvalue weighted by Gasteiger charge is 2.29. The summed E-state index contributed by atoms with van der Waals surface area (Å²) in [4.78, 5) is 35.0. The molecule has 0 saturated carbocycles. The molecule has 0 aliphatic carbocycles. The van der Waals surface area contributed by atoms with Crippen molar-refractivity contribution in [3.8, 4) is 0 Å². The van der Waals surface area contributed by atoms with Gasteiger partial charge in [-0.2, -0.15) is 0 Å². The van der Waals surface area contributed by atoms with E-state index in [0.29, 0.717) is 17.0 Å². The summed E-state index contributed by atoms with van der Waals surface area (Å²) in [5.74, 6) is -1.91. The predicted molar refractivity (Wildman–Crippen MR) is 89.9 cm³/mol. The molecule has 1 fully saturated rings. The van der Waals surface area contributed by atoms with E-state index in [1.165, 1.54) is 12.1 Å². The molecule has 10 heteroatoms. The van der Waals surface area contributed by atoms with Crippen molar-refractivity contribution in [2.45, 2.75) is 12.5 Å². The van der Waals surface area contributed by atoms with E-state index >= 15 is 0 Å². The molecule has 1 aromatic carbocycles. The normalized spacial score (nSPS) is 18.4. The number of hydrogen-bond acceptors (Lipinski definition) is 6. The van der Waals surface area contributed by atoms with Gasteiger partial charge in [0.1, 0.15) is 6.54 Å². The second-order valence-corrected chi connectivity index (χ2v) is 8.18. The maximum absolute atomic E-state index is 11.8. The molecule has 0 radical (unpaired) electrons. The Bertz CT molecular complexity index is 763. The third-order valence-corrected chi connectivity index (χ3v) is 5.48. The summed E-state index contributed by atoms with van der Waals surface area (Å²) < 4.78 is 27.3. The van der Waals surface area contributed by atoms with Crippen LogP contribution in [0.4, 0.5) is 0 Å². The number of rotatable bonds is 6. The highest BCUT2D eigenvalue weighted by atomic mass is 35.5. The van der Waals surface area contributed by atoms with Gasteiger partial charge in [-0.3, -0.25) is 14.4 Å². The Morgan fingerprint density at radius 3 is 2.48 bits per heavy atom. The highest BCUT2D eigenvalue weighted by Crippen LogP contribution is 2.11. The molecule has 1 aliphatic heterocycles. The Kier molecular flexibility index (Phi) is 6.38. The van der Waals surface area contributed by atoms with Crippen molar-refractivity contribution in [3.63, 3.8) is 0 Å². The van der Waals surface area contributed by atoms with Crippen molar-refractivity contribution < 1.29 is 27.5 Å². The summed E-state index contributed by atoms with van der Waals surface area (Å²) >= 11 is 5.71. The minimum atomic E-state index is -3.10. The van der Waals surface area contributed by atoms with Crippen molar-refractivity contribution in [2.75, 3.05) is 24.7 Å². The number of ether oxygens (including phenoxy) is 1. The van der Waals surface area contributed by atoms with Gasteiger partial charge in [0.05, 0.1) is 11.5 Å². The first-order chi connectivity index (χ1) is 11.7. The standard InChI is InChI=1S/C15H17ClN2O6S/c16-11-3-1-10(2-4-11)15(21)17-7-14(20)24-8-13(19)18-12-5-6-25(22,23)9-12/h1-4,12H,5-9H2,(H,17,21)(H,18,19)/t12-/m1/s1. The van der Waals surface area contributed by atoms with Crippen molar-refractivity contribution in [3.05, 3.63) is 34.9 Å². The molecule has 25 heavy (non-hydrogen) atoms. The molecule has 136 valence electrons. The van der Waals surface area contributed by atoms with Gasteiger partial charge in [0.2, 0.25) is 0 Å². The summed E-state index contributed by atoms with van der Waals surface area (Å²) in [6, 6.07) is 5.64. The molecule has 1 atom stereocenters. The zero-order valence-electron chi connectivity index (χ0n) is 13.2. The maximum Gasteiger partial charge on any atom is 0.325 e. The van der Waals surface area contributed by atoms with E-state index in [9.17, 15) is 22.8 Å². The molecule has 8 nitrogen and oxygen atoms in total. The van der Waals surface area contributed by atoms with Crippen LogP contribution in [0.2, 0.25) is 5.02 Å². The third kappa shape index (κ3) is 6.35. The van der Waals surface area contributed by atoms with E-state index in [1.54, 1.807) is 12.1 Å². The van der Waals surface area contributed by atoms with Gasteiger partial charge in [0.25, 0.3) is 11.8 Å². The summed E-state index contributed by atoms with van der Waals surface area (Å²) in [7, 11) is -3.10. The van der Waals surface area contributed by atoms with E-state index in [2.05, 4.69) is 10.6 Å². The summed E-state index contributed by atoms with van der Waals surface area (Å²) in [6.07, 6.45) is 0.346. The third-order valence-electron chi connectivity index (χ3n) is 3.46. The number of esters is 1. The smallest absolute Gasteiger partial charge is 0.325 e. The Morgan fingerprint density at radius 1 is 1.20 bits per heavy atom. The molecule has 1 heterocycles. The average molecular weight is 389 g/mol. The van der Waals surface area contributed by atoms with Gasteiger partial charge in [-0.15, -0.1) is 0 Å². The molecule has 0 unspecified atom stereocenters. The van der Waals surface area contributed by atoms with Gasteiger partial charge in [0, 0.05) is 16.6 Å². The number of benzene rings is 1. The summed E-state index contributed by atoms with van der Waals surface area (Å²) in [5.41, 5.74) is 0.331. The Balaban J connectivity index is 1.67. The molecule has 2 N–H and O–H groups in total. The molecule has 1 saturated heterocycles. The fourth-order valence-corrected chi connectivity index (χ4v) is 4.03. The van der Waals surface area contributed by atoms with Crippen LogP contribution in [-0.2, 0) is 24.2 Å². The number of sulfone groups is 1. The maximum atomic E-state index is 11.8. The van der Waals surface area contributed by atoms with E-state index in [4.69, 9.17) is 16.3 Å². The first-order valence-corrected chi connectivity index (χ1v) is 9.64. The van der Waals surface area contributed by atoms with Crippen LogP contribution in [0.1, 0.15) is 16.8 Å². The van der Waals surface area contributed by atoms with Gasteiger partial charge in [-0.05, 0) is 30.7 Å². The fraction of sp³-hybridized carbons (Fsp3) is 0.400. The van der Waals surface area contributed by atoms with Crippen molar-refractivity contribution in [2.24, 2.45) is 0 Å². The van der Waals surface area contributed by atoms with Crippen LogP contribution in [-0.4, -0.2) is 56.9 Å². The monoisotopic (exact) mass is 388 g/mol. The zero-order valence-corrected chi connectivity index (χ0v) is 14.7. The van der Waals surface area contributed by atoms with Crippen LogP contribution in [0, 0.1) is 0 Å². The van der Waals surface area contributed by atoms with Crippen LogP contribution in [0.5, 0.6) is 0 Å². The number of carbonyl (C=O) groups is 3. The molecule has 0 aromatic heterocycles. The number of nitrogens with one attached hydrogen (secondary N) is 2. The molecule has 0 bridgehead atoms. The van der Waals surface area contributed by atoms with Crippen molar-refractivity contribution in [1.82, 2.24) is 10.6 Å². The minimum absolute atomic E-state index is 0.0362.